The fourth-order valence-electron chi connectivity index (χ4n) is 1.04. The molecule has 1 rings (SSSR count). The number of ether oxygens (including phenoxy) is 2. The highest BCUT2D eigenvalue weighted by Crippen LogP contribution is 2.16. The van der Waals surface area contributed by atoms with E-state index < -0.39 is 0 Å². The zero-order valence-electron chi connectivity index (χ0n) is 8.94. The molecule has 0 amide bonds. The second-order valence-corrected chi connectivity index (χ2v) is 3.47. The van der Waals surface area contributed by atoms with Gasteiger partial charge in [0.2, 0.25) is 0 Å². The van der Waals surface area contributed by atoms with Gasteiger partial charge in [-0.2, -0.15) is 0 Å². The van der Waals surface area contributed by atoms with E-state index >= 15 is 0 Å². The molecule has 0 saturated heterocycles. The molecule has 0 bridgehead atoms. The Balaban J connectivity index is 2.42. The average molecular weight is 227 g/mol. The van der Waals surface area contributed by atoms with Crippen molar-refractivity contribution in [3.05, 3.63) is 40.9 Å². The third kappa shape index (κ3) is 4.47. The quantitative estimate of drug-likeness (QED) is 0.717. The van der Waals surface area contributed by atoms with Crippen LogP contribution in [0.2, 0.25) is 5.02 Å². The van der Waals surface area contributed by atoms with E-state index in [1.807, 2.05) is 43.3 Å². The molecule has 0 aliphatic rings. The molecule has 0 aromatic heterocycles. The fraction of sp³-hybridized carbons (Fsp3) is 0.333. The summed E-state index contributed by atoms with van der Waals surface area (Å²) in [6.07, 6.45) is 3.67. The molecule has 0 heterocycles. The SMILES string of the molecule is COC(C)OCC=Cc1ccccc1Cl. The second-order valence-electron chi connectivity index (χ2n) is 3.06. The molecule has 0 radical (unpaired) electrons. The summed E-state index contributed by atoms with van der Waals surface area (Å²) in [6, 6.07) is 7.67. The van der Waals surface area contributed by atoms with Crippen LogP contribution in [-0.4, -0.2) is 20.0 Å². The molecule has 1 unspecified atom stereocenters. The summed E-state index contributed by atoms with van der Waals surface area (Å²) < 4.78 is 10.2. The van der Waals surface area contributed by atoms with E-state index in [-0.39, 0.29) is 6.29 Å². The van der Waals surface area contributed by atoms with Crippen LogP contribution in [0.15, 0.2) is 30.3 Å². The number of hydrogen-bond acceptors (Lipinski definition) is 2. The lowest BCUT2D eigenvalue weighted by Crippen LogP contribution is -2.09. The normalized spacial score (nSPS) is 13.3. The topological polar surface area (TPSA) is 18.5 Å². The molecule has 82 valence electrons. The highest BCUT2D eigenvalue weighted by molar-refractivity contribution is 6.32. The van der Waals surface area contributed by atoms with Crippen molar-refractivity contribution in [2.45, 2.75) is 13.2 Å². The van der Waals surface area contributed by atoms with E-state index in [1.165, 1.54) is 0 Å². The summed E-state index contributed by atoms with van der Waals surface area (Å²) in [5, 5.41) is 0.744. The minimum atomic E-state index is -0.180. The Hall–Kier alpha value is -0.830. The molecule has 15 heavy (non-hydrogen) atoms. The van der Waals surface area contributed by atoms with Gasteiger partial charge in [0, 0.05) is 12.1 Å². The van der Waals surface area contributed by atoms with Gasteiger partial charge < -0.3 is 9.47 Å². The maximum absolute atomic E-state index is 5.98. The summed E-state index contributed by atoms with van der Waals surface area (Å²) in [4.78, 5) is 0. The van der Waals surface area contributed by atoms with Crippen LogP contribution >= 0.6 is 11.6 Å². The van der Waals surface area contributed by atoms with Crippen molar-refractivity contribution >= 4 is 17.7 Å². The third-order valence-electron chi connectivity index (χ3n) is 1.96. The van der Waals surface area contributed by atoms with Gasteiger partial charge in [0.15, 0.2) is 6.29 Å². The van der Waals surface area contributed by atoms with E-state index in [9.17, 15) is 0 Å². The maximum Gasteiger partial charge on any atom is 0.154 e. The standard InChI is InChI=1S/C12H15ClO2/c1-10(14-2)15-9-5-7-11-6-3-4-8-12(11)13/h3-8,10H,9H2,1-2H3. The monoisotopic (exact) mass is 226 g/mol. The summed E-state index contributed by atoms with van der Waals surface area (Å²) in [7, 11) is 1.61. The average Bonchev–Trinajstić information content (AvgIpc) is 2.26. The summed E-state index contributed by atoms with van der Waals surface area (Å²) in [6.45, 7) is 2.36. The van der Waals surface area contributed by atoms with E-state index in [2.05, 4.69) is 0 Å². The van der Waals surface area contributed by atoms with Crippen LogP contribution in [0.3, 0.4) is 0 Å². The van der Waals surface area contributed by atoms with Crippen molar-refractivity contribution in [1.29, 1.82) is 0 Å². The fourth-order valence-corrected chi connectivity index (χ4v) is 1.24. The zero-order valence-corrected chi connectivity index (χ0v) is 9.70. The van der Waals surface area contributed by atoms with Crippen molar-refractivity contribution in [2.24, 2.45) is 0 Å². The Morgan fingerprint density at radius 1 is 1.40 bits per heavy atom. The Morgan fingerprint density at radius 3 is 2.80 bits per heavy atom. The first kappa shape index (κ1) is 12.2. The van der Waals surface area contributed by atoms with Crippen LogP contribution in [0.5, 0.6) is 0 Å². The van der Waals surface area contributed by atoms with Crippen LogP contribution in [0.4, 0.5) is 0 Å². The molecule has 3 heteroatoms. The largest absolute Gasteiger partial charge is 0.356 e. The van der Waals surface area contributed by atoms with Gasteiger partial charge in [-0.25, -0.2) is 0 Å². The molecule has 0 fully saturated rings. The number of halogens is 1. The zero-order chi connectivity index (χ0) is 11.1. The molecule has 0 N–H and O–H groups in total. The molecule has 1 aromatic rings. The van der Waals surface area contributed by atoms with E-state index in [0.29, 0.717) is 6.61 Å². The predicted molar refractivity (Wildman–Crippen MR) is 62.9 cm³/mol. The van der Waals surface area contributed by atoms with Gasteiger partial charge in [-0.05, 0) is 18.6 Å². The van der Waals surface area contributed by atoms with Crippen molar-refractivity contribution in [3.63, 3.8) is 0 Å². The van der Waals surface area contributed by atoms with E-state index in [1.54, 1.807) is 7.11 Å². The lowest BCUT2D eigenvalue weighted by Gasteiger charge is -2.07. The van der Waals surface area contributed by atoms with Gasteiger partial charge in [-0.3, -0.25) is 0 Å². The molecule has 0 aliphatic carbocycles. The van der Waals surface area contributed by atoms with Gasteiger partial charge >= 0.3 is 0 Å². The summed E-state index contributed by atoms with van der Waals surface area (Å²) in [5.74, 6) is 0. The van der Waals surface area contributed by atoms with Crippen molar-refractivity contribution in [3.8, 4) is 0 Å². The first-order chi connectivity index (χ1) is 7.24. The highest BCUT2D eigenvalue weighted by atomic mass is 35.5. The van der Waals surface area contributed by atoms with Gasteiger partial charge in [0.1, 0.15) is 0 Å². The summed E-state index contributed by atoms with van der Waals surface area (Å²) in [5.41, 5.74) is 0.993. The van der Waals surface area contributed by atoms with Gasteiger partial charge in [0.25, 0.3) is 0 Å². The highest BCUT2D eigenvalue weighted by Gasteiger charge is 1.95. The predicted octanol–water partition coefficient (Wildman–Crippen LogP) is 3.36. The van der Waals surface area contributed by atoms with Gasteiger partial charge in [-0.15, -0.1) is 0 Å². The van der Waals surface area contributed by atoms with Crippen LogP contribution in [0.1, 0.15) is 12.5 Å². The third-order valence-corrected chi connectivity index (χ3v) is 2.31. The molecule has 0 saturated carbocycles. The smallest absolute Gasteiger partial charge is 0.154 e. The van der Waals surface area contributed by atoms with Gasteiger partial charge in [-0.1, -0.05) is 42.0 Å². The Morgan fingerprint density at radius 2 is 2.13 bits per heavy atom. The van der Waals surface area contributed by atoms with E-state index in [0.717, 1.165) is 10.6 Å². The second kappa shape index (κ2) is 6.62. The van der Waals surface area contributed by atoms with Crippen molar-refractivity contribution in [1.82, 2.24) is 0 Å². The molecule has 2 nitrogen and oxygen atoms in total. The summed E-state index contributed by atoms with van der Waals surface area (Å²) >= 11 is 5.98. The number of benzene rings is 1. The molecular formula is C12H15ClO2. The van der Waals surface area contributed by atoms with Crippen molar-refractivity contribution in [2.75, 3.05) is 13.7 Å². The molecule has 0 spiro atoms. The Kier molecular flexibility index (Phi) is 5.40. The van der Waals surface area contributed by atoms with E-state index in [4.69, 9.17) is 21.1 Å². The lowest BCUT2D eigenvalue weighted by atomic mass is 10.2. The lowest BCUT2D eigenvalue weighted by molar-refractivity contribution is -0.101. The minimum Gasteiger partial charge on any atom is -0.356 e. The molecule has 1 atom stereocenters. The van der Waals surface area contributed by atoms with Crippen LogP contribution in [0.25, 0.3) is 6.08 Å². The Labute approximate surface area is 95.5 Å². The molecule has 1 aromatic carbocycles. The minimum absolute atomic E-state index is 0.180. The maximum atomic E-state index is 5.98. The number of rotatable bonds is 5. The van der Waals surface area contributed by atoms with Gasteiger partial charge in [0.05, 0.1) is 6.61 Å². The Bertz CT molecular complexity index is 323. The van der Waals surface area contributed by atoms with Crippen LogP contribution in [-0.2, 0) is 9.47 Å². The first-order valence-electron chi connectivity index (χ1n) is 4.79. The number of hydrogen-bond donors (Lipinski definition) is 0. The molecule has 0 aliphatic heterocycles. The number of methoxy groups -OCH3 is 1. The molecular weight excluding hydrogens is 212 g/mol. The van der Waals surface area contributed by atoms with Crippen LogP contribution in [0, 0.1) is 0 Å². The first-order valence-corrected chi connectivity index (χ1v) is 5.17. The van der Waals surface area contributed by atoms with Crippen LogP contribution < -0.4 is 0 Å². The van der Waals surface area contributed by atoms with Crippen molar-refractivity contribution < 1.29 is 9.47 Å².